The number of phenols is 1. The van der Waals surface area contributed by atoms with Gasteiger partial charge >= 0.3 is 0 Å². The molecular weight excluding hydrogens is 227 g/mol. The number of ether oxygens (including phenoxy) is 1. The zero-order valence-corrected chi connectivity index (χ0v) is 8.92. The molecule has 0 aliphatic carbocycles. The molecule has 0 bridgehead atoms. The van der Waals surface area contributed by atoms with Crippen molar-refractivity contribution >= 4 is 11.8 Å². The molecule has 3 rings (SSSR count). The van der Waals surface area contributed by atoms with E-state index in [9.17, 15) is 9.50 Å². The van der Waals surface area contributed by atoms with Crippen molar-refractivity contribution in [2.75, 3.05) is 0 Å². The zero-order chi connectivity index (χ0) is 11.1. The Morgan fingerprint density at radius 3 is 2.50 bits per heavy atom. The molecule has 0 atom stereocenters. The second-order valence-electron chi connectivity index (χ2n) is 3.43. The fraction of sp³-hybridized carbons (Fsp3) is 0. The summed E-state index contributed by atoms with van der Waals surface area (Å²) in [6, 6.07) is 9.34. The molecule has 2 aromatic rings. The van der Waals surface area contributed by atoms with Crippen LogP contribution in [0.1, 0.15) is 0 Å². The number of fused-ring (bicyclic) bond motifs is 2. The maximum Gasteiger partial charge on any atom is 0.145 e. The third-order valence-electron chi connectivity index (χ3n) is 2.27. The van der Waals surface area contributed by atoms with Crippen LogP contribution in [-0.2, 0) is 0 Å². The maximum absolute atomic E-state index is 13.0. The molecule has 0 radical (unpaired) electrons. The summed E-state index contributed by atoms with van der Waals surface area (Å²) in [6.07, 6.45) is 0. The average Bonchev–Trinajstić information content (AvgIpc) is 2.26. The van der Waals surface area contributed by atoms with Crippen LogP contribution >= 0.6 is 11.8 Å². The Morgan fingerprint density at radius 2 is 1.69 bits per heavy atom. The highest BCUT2D eigenvalue weighted by Crippen LogP contribution is 2.47. The molecule has 2 nitrogen and oxygen atoms in total. The highest BCUT2D eigenvalue weighted by molar-refractivity contribution is 7.99. The Labute approximate surface area is 95.7 Å². The fourth-order valence-corrected chi connectivity index (χ4v) is 2.46. The molecule has 16 heavy (non-hydrogen) atoms. The number of phenolic OH excluding ortho intramolecular Hbond substituents is 1. The van der Waals surface area contributed by atoms with Crippen molar-refractivity contribution in [3.8, 4) is 17.2 Å². The van der Waals surface area contributed by atoms with Gasteiger partial charge in [0, 0.05) is 12.1 Å². The Kier molecular flexibility index (Phi) is 2.04. The molecule has 0 unspecified atom stereocenters. The third-order valence-corrected chi connectivity index (χ3v) is 3.39. The maximum atomic E-state index is 13.0. The van der Waals surface area contributed by atoms with E-state index in [1.807, 2.05) is 0 Å². The van der Waals surface area contributed by atoms with E-state index in [-0.39, 0.29) is 11.6 Å². The predicted molar refractivity (Wildman–Crippen MR) is 58.7 cm³/mol. The van der Waals surface area contributed by atoms with Crippen LogP contribution in [0.15, 0.2) is 46.2 Å². The normalized spacial score (nSPS) is 12.6. The summed E-state index contributed by atoms with van der Waals surface area (Å²) in [5.74, 6) is 0.855. The average molecular weight is 234 g/mol. The van der Waals surface area contributed by atoms with Crippen molar-refractivity contribution in [3.63, 3.8) is 0 Å². The lowest BCUT2D eigenvalue weighted by Gasteiger charge is -2.19. The molecule has 0 aromatic heterocycles. The van der Waals surface area contributed by atoms with Crippen LogP contribution in [-0.4, -0.2) is 5.11 Å². The summed E-state index contributed by atoms with van der Waals surface area (Å²) in [4.78, 5) is 1.79. The molecule has 1 aliphatic heterocycles. The van der Waals surface area contributed by atoms with Crippen LogP contribution in [0.2, 0.25) is 0 Å². The van der Waals surface area contributed by atoms with Gasteiger partial charge in [0.05, 0.1) is 9.79 Å². The quantitative estimate of drug-likeness (QED) is 0.641. The van der Waals surface area contributed by atoms with Crippen LogP contribution in [0, 0.1) is 5.82 Å². The molecule has 2 aromatic carbocycles. The molecule has 1 N–H and O–H groups in total. The first-order valence-electron chi connectivity index (χ1n) is 4.71. The second kappa shape index (κ2) is 3.42. The van der Waals surface area contributed by atoms with E-state index in [0.717, 1.165) is 9.79 Å². The molecule has 80 valence electrons. The van der Waals surface area contributed by atoms with Crippen molar-refractivity contribution in [1.82, 2.24) is 0 Å². The standard InChI is InChI=1S/C12H7FO2S/c13-7-1-3-11-9(5-7)15-10-6-8(14)2-4-12(10)16-11/h1-6,14H. The van der Waals surface area contributed by atoms with Gasteiger partial charge in [0.25, 0.3) is 0 Å². The van der Waals surface area contributed by atoms with Crippen LogP contribution < -0.4 is 4.74 Å². The number of hydrogen-bond donors (Lipinski definition) is 1. The first kappa shape index (κ1) is 9.54. The third kappa shape index (κ3) is 1.51. The Hall–Kier alpha value is -1.68. The summed E-state index contributed by atoms with van der Waals surface area (Å²) in [7, 11) is 0. The van der Waals surface area contributed by atoms with Crippen molar-refractivity contribution in [2.24, 2.45) is 0 Å². The number of halogens is 1. The molecule has 0 fully saturated rings. The highest BCUT2D eigenvalue weighted by atomic mass is 32.2. The van der Waals surface area contributed by atoms with E-state index < -0.39 is 0 Å². The fourth-order valence-electron chi connectivity index (χ4n) is 1.54. The molecule has 1 heterocycles. The van der Waals surface area contributed by atoms with Gasteiger partial charge < -0.3 is 9.84 Å². The summed E-state index contributed by atoms with van der Waals surface area (Å²) >= 11 is 1.50. The molecule has 0 amide bonds. The minimum atomic E-state index is -0.331. The number of benzene rings is 2. The first-order chi connectivity index (χ1) is 7.72. The summed E-state index contributed by atoms with van der Waals surface area (Å²) < 4.78 is 18.5. The van der Waals surface area contributed by atoms with Gasteiger partial charge in [0.1, 0.15) is 23.1 Å². The molecular formula is C12H7FO2S. The van der Waals surface area contributed by atoms with Crippen molar-refractivity contribution in [2.45, 2.75) is 9.79 Å². The summed E-state index contributed by atoms with van der Waals surface area (Å²) in [5.41, 5.74) is 0. The van der Waals surface area contributed by atoms with Crippen LogP contribution in [0.5, 0.6) is 17.2 Å². The minimum absolute atomic E-state index is 0.138. The summed E-state index contributed by atoms with van der Waals surface area (Å²) in [6.45, 7) is 0. The van der Waals surface area contributed by atoms with Crippen LogP contribution in [0.25, 0.3) is 0 Å². The lowest BCUT2D eigenvalue weighted by molar-refractivity contribution is 0.435. The first-order valence-corrected chi connectivity index (χ1v) is 5.52. The molecule has 4 heteroatoms. The van der Waals surface area contributed by atoms with Crippen molar-refractivity contribution in [1.29, 1.82) is 0 Å². The van der Waals surface area contributed by atoms with E-state index in [1.165, 1.54) is 30.0 Å². The van der Waals surface area contributed by atoms with E-state index in [0.29, 0.717) is 11.5 Å². The van der Waals surface area contributed by atoms with Crippen LogP contribution in [0.4, 0.5) is 4.39 Å². The van der Waals surface area contributed by atoms with Gasteiger partial charge in [-0.2, -0.15) is 0 Å². The largest absolute Gasteiger partial charge is 0.508 e. The molecule has 0 saturated carbocycles. The lowest BCUT2D eigenvalue weighted by atomic mass is 10.3. The molecule has 1 aliphatic rings. The molecule has 0 spiro atoms. The van der Waals surface area contributed by atoms with Gasteiger partial charge in [-0.25, -0.2) is 4.39 Å². The van der Waals surface area contributed by atoms with E-state index >= 15 is 0 Å². The molecule has 0 saturated heterocycles. The topological polar surface area (TPSA) is 29.5 Å². The Bertz CT molecular complexity index is 519. The number of aromatic hydroxyl groups is 1. The number of hydrogen-bond acceptors (Lipinski definition) is 3. The second-order valence-corrected chi connectivity index (χ2v) is 4.51. The smallest absolute Gasteiger partial charge is 0.145 e. The van der Waals surface area contributed by atoms with Gasteiger partial charge in [-0.15, -0.1) is 0 Å². The Morgan fingerprint density at radius 1 is 1.00 bits per heavy atom. The van der Waals surface area contributed by atoms with Crippen LogP contribution in [0.3, 0.4) is 0 Å². The van der Waals surface area contributed by atoms with Gasteiger partial charge in [-0.05, 0) is 24.3 Å². The predicted octanol–water partition coefficient (Wildman–Crippen LogP) is 3.79. The van der Waals surface area contributed by atoms with Gasteiger partial charge in [0.15, 0.2) is 0 Å². The van der Waals surface area contributed by atoms with E-state index in [4.69, 9.17) is 4.74 Å². The van der Waals surface area contributed by atoms with Gasteiger partial charge in [-0.1, -0.05) is 11.8 Å². The monoisotopic (exact) mass is 234 g/mol. The lowest BCUT2D eigenvalue weighted by Crippen LogP contribution is -1.95. The zero-order valence-electron chi connectivity index (χ0n) is 8.11. The van der Waals surface area contributed by atoms with Crippen molar-refractivity contribution < 1.29 is 14.2 Å². The highest BCUT2D eigenvalue weighted by Gasteiger charge is 2.18. The Balaban J connectivity index is 2.10. The SMILES string of the molecule is Oc1ccc2c(c1)Oc1cc(F)ccc1S2. The van der Waals surface area contributed by atoms with E-state index in [1.54, 1.807) is 18.2 Å². The van der Waals surface area contributed by atoms with Gasteiger partial charge in [0.2, 0.25) is 0 Å². The number of rotatable bonds is 0. The minimum Gasteiger partial charge on any atom is -0.508 e. The van der Waals surface area contributed by atoms with E-state index in [2.05, 4.69) is 0 Å². The summed E-state index contributed by atoms with van der Waals surface area (Å²) in [5, 5.41) is 9.33. The van der Waals surface area contributed by atoms with Gasteiger partial charge in [-0.3, -0.25) is 0 Å². The van der Waals surface area contributed by atoms with Crippen molar-refractivity contribution in [3.05, 3.63) is 42.2 Å².